The number of halogens is 1. The zero-order chi connectivity index (χ0) is 22.8. The first-order valence-electron chi connectivity index (χ1n) is 10.5. The van der Waals surface area contributed by atoms with Crippen molar-refractivity contribution in [2.45, 2.75) is 45.3 Å². The number of allylic oxidation sites excluding steroid dienone is 1. The van der Waals surface area contributed by atoms with Crippen molar-refractivity contribution in [3.63, 3.8) is 0 Å². The first-order chi connectivity index (χ1) is 15.4. The number of nitrogens with one attached hydrogen (secondary N) is 3. The lowest BCUT2D eigenvalue weighted by atomic mass is 9.86. The highest BCUT2D eigenvalue weighted by molar-refractivity contribution is 6.35. The SMILES string of the molecule is C/C=N\c1[nH]nc(N)c1C(=O)NC(C)c1cc(Cl)c2cn[nH]c2c1C1=CCC(OC)CC1. The highest BCUT2D eigenvalue weighted by atomic mass is 35.5. The highest BCUT2D eigenvalue weighted by Crippen LogP contribution is 2.39. The van der Waals surface area contributed by atoms with Crippen LogP contribution < -0.4 is 11.1 Å². The summed E-state index contributed by atoms with van der Waals surface area (Å²) < 4.78 is 5.51. The lowest BCUT2D eigenvalue weighted by molar-refractivity contribution is 0.0941. The fraction of sp³-hybridized carbons (Fsp3) is 0.364. The topological polar surface area (TPSA) is 134 Å². The van der Waals surface area contributed by atoms with Crippen LogP contribution in [-0.2, 0) is 4.74 Å². The van der Waals surface area contributed by atoms with Crippen LogP contribution in [0.25, 0.3) is 16.5 Å². The maximum atomic E-state index is 13.1. The van der Waals surface area contributed by atoms with Gasteiger partial charge in [0.15, 0.2) is 11.6 Å². The van der Waals surface area contributed by atoms with Crippen molar-refractivity contribution >= 4 is 51.8 Å². The molecule has 10 heteroatoms. The summed E-state index contributed by atoms with van der Waals surface area (Å²) in [6.45, 7) is 3.66. The monoisotopic (exact) mass is 455 g/mol. The Morgan fingerprint density at radius 2 is 2.28 bits per heavy atom. The van der Waals surface area contributed by atoms with E-state index in [0.29, 0.717) is 10.8 Å². The maximum absolute atomic E-state index is 13.1. The second-order valence-corrected chi connectivity index (χ2v) is 8.16. The quantitative estimate of drug-likeness (QED) is 0.410. The molecule has 2 aromatic heterocycles. The smallest absolute Gasteiger partial charge is 0.259 e. The third kappa shape index (κ3) is 4.01. The van der Waals surface area contributed by atoms with E-state index in [1.54, 1.807) is 26.4 Å². The predicted octanol–water partition coefficient (Wildman–Crippen LogP) is 4.32. The molecule has 0 bridgehead atoms. The number of aromatic amines is 2. The van der Waals surface area contributed by atoms with Crippen molar-refractivity contribution in [3.05, 3.63) is 40.1 Å². The molecule has 2 unspecified atom stereocenters. The summed E-state index contributed by atoms with van der Waals surface area (Å²) in [7, 11) is 1.74. The van der Waals surface area contributed by atoms with E-state index < -0.39 is 0 Å². The van der Waals surface area contributed by atoms with Crippen molar-refractivity contribution in [3.8, 4) is 0 Å². The number of anilines is 1. The van der Waals surface area contributed by atoms with Gasteiger partial charge in [0.1, 0.15) is 5.56 Å². The third-order valence-electron chi connectivity index (χ3n) is 5.81. The normalized spacial score (nSPS) is 17.6. The van der Waals surface area contributed by atoms with E-state index in [1.165, 1.54) is 5.57 Å². The largest absolute Gasteiger partial charge is 0.381 e. The molecule has 0 fully saturated rings. The molecule has 1 aromatic carbocycles. The lowest BCUT2D eigenvalue weighted by Gasteiger charge is -2.25. The van der Waals surface area contributed by atoms with Gasteiger partial charge in [0.05, 0.1) is 28.9 Å². The number of fused-ring (bicyclic) bond motifs is 1. The molecule has 2 heterocycles. The number of benzene rings is 1. The summed E-state index contributed by atoms with van der Waals surface area (Å²) in [5.41, 5.74) is 10.1. The number of nitrogen functional groups attached to an aromatic ring is 1. The molecule has 0 saturated heterocycles. The number of hydrogen-bond donors (Lipinski definition) is 4. The molecule has 168 valence electrons. The van der Waals surface area contributed by atoms with Crippen LogP contribution in [0.15, 0.2) is 23.3 Å². The number of carbonyl (C=O) groups excluding carboxylic acids is 1. The van der Waals surface area contributed by atoms with Crippen LogP contribution in [0.2, 0.25) is 5.02 Å². The molecular weight excluding hydrogens is 430 g/mol. The Balaban J connectivity index is 1.73. The van der Waals surface area contributed by atoms with Gasteiger partial charge in [-0.15, -0.1) is 0 Å². The molecule has 0 aliphatic heterocycles. The Hall–Kier alpha value is -3.17. The molecule has 0 saturated carbocycles. The molecule has 1 amide bonds. The molecule has 1 aliphatic rings. The minimum Gasteiger partial charge on any atom is -0.381 e. The molecule has 32 heavy (non-hydrogen) atoms. The molecule has 5 N–H and O–H groups in total. The van der Waals surface area contributed by atoms with Gasteiger partial charge in [-0.1, -0.05) is 17.7 Å². The molecule has 0 radical (unpaired) electrons. The van der Waals surface area contributed by atoms with Gasteiger partial charge in [0.25, 0.3) is 5.91 Å². The Morgan fingerprint density at radius 1 is 1.47 bits per heavy atom. The number of rotatable bonds is 6. The number of ether oxygens (including phenoxy) is 1. The Morgan fingerprint density at radius 3 is 2.97 bits per heavy atom. The zero-order valence-corrected chi connectivity index (χ0v) is 19.0. The number of carbonyl (C=O) groups is 1. The fourth-order valence-corrected chi connectivity index (χ4v) is 4.43. The molecule has 9 nitrogen and oxygen atoms in total. The summed E-state index contributed by atoms with van der Waals surface area (Å²) in [6, 6.07) is 1.53. The average Bonchev–Trinajstić information content (AvgIpc) is 3.41. The number of hydrogen-bond acceptors (Lipinski definition) is 6. The second-order valence-electron chi connectivity index (χ2n) is 7.76. The lowest BCUT2D eigenvalue weighted by Crippen LogP contribution is -2.28. The van der Waals surface area contributed by atoms with Crippen LogP contribution in [0.3, 0.4) is 0 Å². The Kier molecular flexibility index (Phi) is 6.29. The number of aliphatic imine (C=N–C) groups is 1. The summed E-state index contributed by atoms with van der Waals surface area (Å²) in [6.07, 6.45) is 8.30. The Labute approximate surface area is 190 Å². The second kappa shape index (κ2) is 9.13. The summed E-state index contributed by atoms with van der Waals surface area (Å²) in [4.78, 5) is 17.2. The minimum atomic E-state index is -0.367. The van der Waals surface area contributed by atoms with Gasteiger partial charge in [-0.3, -0.25) is 15.0 Å². The van der Waals surface area contributed by atoms with Gasteiger partial charge in [0, 0.05) is 24.3 Å². The van der Waals surface area contributed by atoms with Crippen LogP contribution in [0, 0.1) is 0 Å². The van der Waals surface area contributed by atoms with E-state index in [9.17, 15) is 4.79 Å². The van der Waals surface area contributed by atoms with Crippen LogP contribution in [0.4, 0.5) is 11.6 Å². The molecule has 1 aliphatic carbocycles. The fourth-order valence-electron chi connectivity index (χ4n) is 4.17. The van der Waals surface area contributed by atoms with Crippen molar-refractivity contribution in [2.24, 2.45) is 4.99 Å². The standard InChI is InChI=1S/C22H26ClN7O2/c1-4-25-21-18(20(24)29-30-21)22(31)27-11(2)14-9-16(23)15-10-26-28-19(15)17(14)12-5-7-13(32-3)8-6-12/h4-5,9-11,13H,6-8H2,1-3H3,(H,26,28)(H,27,31)(H3,24,29,30)/b25-4-. The van der Waals surface area contributed by atoms with Gasteiger partial charge in [0.2, 0.25) is 0 Å². The summed E-state index contributed by atoms with van der Waals surface area (Å²) >= 11 is 6.57. The number of amides is 1. The van der Waals surface area contributed by atoms with E-state index in [1.807, 2.05) is 13.0 Å². The van der Waals surface area contributed by atoms with E-state index in [-0.39, 0.29) is 29.4 Å². The average molecular weight is 456 g/mol. The van der Waals surface area contributed by atoms with Gasteiger partial charge in [-0.05, 0) is 50.3 Å². The van der Waals surface area contributed by atoms with Crippen molar-refractivity contribution in [1.29, 1.82) is 0 Å². The van der Waals surface area contributed by atoms with Gasteiger partial charge in [-0.25, -0.2) is 4.99 Å². The summed E-state index contributed by atoms with van der Waals surface area (Å²) in [5, 5.41) is 18.3. The van der Waals surface area contributed by atoms with Gasteiger partial charge >= 0.3 is 0 Å². The van der Waals surface area contributed by atoms with Gasteiger partial charge < -0.3 is 15.8 Å². The summed E-state index contributed by atoms with van der Waals surface area (Å²) in [5.74, 6) is 0.0453. The van der Waals surface area contributed by atoms with Crippen molar-refractivity contribution < 1.29 is 9.53 Å². The molecule has 3 aromatic rings. The number of nitrogens with two attached hydrogens (primary N) is 1. The van der Waals surface area contributed by atoms with Crippen LogP contribution in [0.5, 0.6) is 0 Å². The van der Waals surface area contributed by atoms with Crippen LogP contribution >= 0.6 is 11.6 Å². The van der Waals surface area contributed by atoms with Crippen molar-refractivity contribution in [2.75, 3.05) is 12.8 Å². The van der Waals surface area contributed by atoms with E-state index in [4.69, 9.17) is 22.1 Å². The highest BCUT2D eigenvalue weighted by Gasteiger charge is 2.26. The molecule has 0 spiro atoms. The number of aromatic nitrogens is 4. The first kappa shape index (κ1) is 22.0. The van der Waals surface area contributed by atoms with Crippen LogP contribution in [0.1, 0.15) is 60.6 Å². The minimum absolute atomic E-state index is 0.0955. The molecule has 4 rings (SSSR count). The first-order valence-corrected chi connectivity index (χ1v) is 10.8. The Bertz CT molecular complexity index is 1210. The van der Waals surface area contributed by atoms with Gasteiger partial charge in [-0.2, -0.15) is 10.2 Å². The number of methoxy groups -OCH3 is 1. The molecular formula is C22H26ClN7O2. The van der Waals surface area contributed by atoms with E-state index in [0.717, 1.165) is 41.3 Å². The van der Waals surface area contributed by atoms with E-state index >= 15 is 0 Å². The van der Waals surface area contributed by atoms with Crippen LogP contribution in [-0.4, -0.2) is 45.7 Å². The molecule has 2 atom stereocenters. The van der Waals surface area contributed by atoms with Crippen molar-refractivity contribution in [1.82, 2.24) is 25.7 Å². The predicted molar refractivity (Wildman–Crippen MR) is 126 cm³/mol. The van der Waals surface area contributed by atoms with E-state index in [2.05, 4.69) is 36.8 Å². The number of nitrogens with zero attached hydrogens (tertiary/aromatic N) is 3. The zero-order valence-electron chi connectivity index (χ0n) is 18.2. The number of H-pyrrole nitrogens is 2. The third-order valence-corrected chi connectivity index (χ3v) is 6.12. The maximum Gasteiger partial charge on any atom is 0.259 e.